The summed E-state index contributed by atoms with van der Waals surface area (Å²) >= 11 is 5.59. The van der Waals surface area contributed by atoms with Gasteiger partial charge < -0.3 is 0 Å². The average Bonchev–Trinajstić information content (AvgIpc) is 2.20. The van der Waals surface area contributed by atoms with E-state index in [0.717, 1.165) is 6.07 Å². The van der Waals surface area contributed by atoms with E-state index < -0.39 is 30.6 Å². The number of alkyl halides is 3. The monoisotopic (exact) mass is 268 g/mol. The molecule has 1 nitrogen and oxygen atoms in total. The Labute approximate surface area is 100 Å². The molecular weight excluding hydrogens is 260 g/mol. The van der Waals surface area contributed by atoms with E-state index in [0.29, 0.717) is 0 Å². The largest absolute Gasteiger partial charge is 0.389 e. The molecule has 0 bridgehead atoms. The molecule has 17 heavy (non-hydrogen) atoms. The Morgan fingerprint density at radius 1 is 1.29 bits per heavy atom. The molecule has 0 spiro atoms. The normalized spacial score (nSPS) is 11.6. The lowest BCUT2D eigenvalue weighted by molar-refractivity contribution is -0.143. The van der Waals surface area contributed by atoms with Crippen LogP contribution in [0.5, 0.6) is 0 Å². The third-order valence-electron chi connectivity index (χ3n) is 2.08. The summed E-state index contributed by atoms with van der Waals surface area (Å²) in [6, 6.07) is 3.62. The summed E-state index contributed by atoms with van der Waals surface area (Å²) < 4.78 is 48.7. The van der Waals surface area contributed by atoms with E-state index in [1.807, 2.05) is 0 Å². The van der Waals surface area contributed by atoms with E-state index in [2.05, 4.69) is 0 Å². The number of benzene rings is 1. The minimum Gasteiger partial charge on any atom is -0.299 e. The first kappa shape index (κ1) is 14.0. The molecule has 1 aromatic rings. The van der Waals surface area contributed by atoms with Crippen molar-refractivity contribution in [3.8, 4) is 0 Å². The summed E-state index contributed by atoms with van der Waals surface area (Å²) in [5, 5.41) is 0.241. The molecule has 0 unspecified atom stereocenters. The van der Waals surface area contributed by atoms with Gasteiger partial charge in [-0.3, -0.25) is 4.79 Å². The number of hydrogen-bond acceptors (Lipinski definition) is 1. The molecule has 0 atom stereocenters. The van der Waals surface area contributed by atoms with Gasteiger partial charge in [-0.15, -0.1) is 0 Å². The molecule has 0 radical (unpaired) electrons. The maximum absolute atomic E-state index is 13.2. The smallest absolute Gasteiger partial charge is 0.299 e. The summed E-state index contributed by atoms with van der Waals surface area (Å²) in [6.45, 7) is 0. The molecule has 1 aromatic carbocycles. The van der Waals surface area contributed by atoms with Gasteiger partial charge in [0, 0.05) is 17.9 Å². The Hall–Kier alpha value is -1.10. The van der Waals surface area contributed by atoms with Crippen LogP contribution in [0.4, 0.5) is 17.6 Å². The van der Waals surface area contributed by atoms with E-state index in [4.69, 9.17) is 11.6 Å². The summed E-state index contributed by atoms with van der Waals surface area (Å²) in [5.74, 6) is -1.31. The summed E-state index contributed by atoms with van der Waals surface area (Å²) in [5.41, 5.74) is 0.0182. The highest BCUT2D eigenvalue weighted by atomic mass is 35.5. The maximum Gasteiger partial charge on any atom is 0.389 e. The molecule has 0 saturated carbocycles. The Kier molecular flexibility index (Phi) is 4.51. The lowest BCUT2D eigenvalue weighted by atomic mass is 10.1. The molecule has 1 rings (SSSR count). The first-order chi connectivity index (χ1) is 7.78. The van der Waals surface area contributed by atoms with Crippen LogP contribution in [0.1, 0.15) is 18.4 Å². The maximum atomic E-state index is 13.2. The van der Waals surface area contributed by atoms with E-state index in [1.165, 1.54) is 12.1 Å². The number of halogens is 5. The SMILES string of the molecule is O=C(CCC(F)(F)F)Cc1cc(Cl)ccc1F. The molecule has 0 heterocycles. The van der Waals surface area contributed by atoms with Gasteiger partial charge in [-0.1, -0.05) is 11.6 Å². The van der Waals surface area contributed by atoms with Gasteiger partial charge in [0.1, 0.15) is 11.6 Å². The third-order valence-corrected chi connectivity index (χ3v) is 2.32. The van der Waals surface area contributed by atoms with Gasteiger partial charge in [0.25, 0.3) is 0 Å². The van der Waals surface area contributed by atoms with Crippen molar-refractivity contribution >= 4 is 17.4 Å². The van der Waals surface area contributed by atoms with Gasteiger partial charge in [-0.05, 0) is 23.8 Å². The lowest BCUT2D eigenvalue weighted by Crippen LogP contribution is -2.12. The fourth-order valence-electron chi connectivity index (χ4n) is 1.26. The second-order valence-electron chi connectivity index (χ2n) is 3.57. The highest BCUT2D eigenvalue weighted by Crippen LogP contribution is 2.22. The van der Waals surface area contributed by atoms with E-state index in [1.54, 1.807) is 0 Å². The van der Waals surface area contributed by atoms with Crippen molar-refractivity contribution in [3.63, 3.8) is 0 Å². The van der Waals surface area contributed by atoms with Gasteiger partial charge in [0.05, 0.1) is 6.42 Å². The molecule has 0 aliphatic rings. The number of carbonyl (C=O) groups excluding carboxylic acids is 1. The molecule has 0 amide bonds. The van der Waals surface area contributed by atoms with Crippen molar-refractivity contribution in [2.45, 2.75) is 25.4 Å². The number of carbonyl (C=O) groups is 1. The second kappa shape index (κ2) is 5.49. The Morgan fingerprint density at radius 2 is 1.94 bits per heavy atom. The van der Waals surface area contributed by atoms with Crippen molar-refractivity contribution in [1.82, 2.24) is 0 Å². The van der Waals surface area contributed by atoms with Crippen molar-refractivity contribution in [2.24, 2.45) is 0 Å². The van der Waals surface area contributed by atoms with Gasteiger partial charge in [-0.2, -0.15) is 13.2 Å². The van der Waals surface area contributed by atoms with Crippen LogP contribution in [0.3, 0.4) is 0 Å². The first-order valence-electron chi connectivity index (χ1n) is 4.80. The first-order valence-corrected chi connectivity index (χ1v) is 5.18. The van der Waals surface area contributed by atoms with Crippen molar-refractivity contribution in [3.05, 3.63) is 34.6 Å². The molecule has 0 aromatic heterocycles. The molecular formula is C11H9ClF4O. The van der Waals surface area contributed by atoms with E-state index >= 15 is 0 Å². The third kappa shape index (κ3) is 5.17. The van der Waals surface area contributed by atoms with Gasteiger partial charge in [-0.25, -0.2) is 4.39 Å². The van der Waals surface area contributed by atoms with E-state index in [-0.39, 0.29) is 17.0 Å². The highest BCUT2D eigenvalue weighted by Gasteiger charge is 2.27. The van der Waals surface area contributed by atoms with Gasteiger partial charge >= 0.3 is 6.18 Å². The number of hydrogen-bond donors (Lipinski definition) is 0. The zero-order chi connectivity index (χ0) is 13.1. The molecule has 0 N–H and O–H groups in total. The van der Waals surface area contributed by atoms with Gasteiger partial charge in [0.2, 0.25) is 0 Å². The van der Waals surface area contributed by atoms with Crippen LogP contribution in [0.2, 0.25) is 5.02 Å². The average molecular weight is 269 g/mol. The van der Waals surface area contributed by atoms with Crippen LogP contribution in [0, 0.1) is 5.82 Å². The van der Waals surface area contributed by atoms with Crippen LogP contribution >= 0.6 is 11.6 Å². The lowest BCUT2D eigenvalue weighted by Gasteiger charge is -2.06. The number of rotatable bonds is 4. The van der Waals surface area contributed by atoms with Crippen molar-refractivity contribution in [1.29, 1.82) is 0 Å². The molecule has 94 valence electrons. The fourth-order valence-corrected chi connectivity index (χ4v) is 1.46. The van der Waals surface area contributed by atoms with Crippen LogP contribution in [0.25, 0.3) is 0 Å². The van der Waals surface area contributed by atoms with E-state index in [9.17, 15) is 22.4 Å². The zero-order valence-electron chi connectivity index (χ0n) is 8.65. The Balaban J connectivity index is 2.59. The predicted octanol–water partition coefficient (Wildman–Crippen LogP) is 3.93. The minimum absolute atomic E-state index is 0.0182. The van der Waals surface area contributed by atoms with Crippen molar-refractivity contribution < 1.29 is 22.4 Å². The summed E-state index contributed by atoms with van der Waals surface area (Å²) in [6.07, 6.45) is -6.57. The zero-order valence-corrected chi connectivity index (χ0v) is 9.41. The topological polar surface area (TPSA) is 17.1 Å². The van der Waals surface area contributed by atoms with Crippen LogP contribution in [-0.2, 0) is 11.2 Å². The molecule has 0 aliphatic carbocycles. The summed E-state index contributed by atoms with van der Waals surface area (Å²) in [7, 11) is 0. The number of Topliss-reactive ketones (excluding diaryl/α,β-unsaturated/α-hetero) is 1. The van der Waals surface area contributed by atoms with Crippen LogP contribution in [-0.4, -0.2) is 12.0 Å². The predicted molar refractivity (Wildman–Crippen MR) is 55.4 cm³/mol. The number of ketones is 1. The molecule has 0 saturated heterocycles. The second-order valence-corrected chi connectivity index (χ2v) is 4.00. The minimum atomic E-state index is -4.37. The molecule has 0 fully saturated rings. The van der Waals surface area contributed by atoms with Crippen molar-refractivity contribution in [2.75, 3.05) is 0 Å². The fraction of sp³-hybridized carbons (Fsp3) is 0.364. The molecule has 6 heteroatoms. The standard InChI is InChI=1S/C11H9ClF4O/c12-8-1-2-10(13)7(5-8)6-9(17)3-4-11(14,15)16/h1-2,5H,3-4,6H2. The summed E-state index contributed by atoms with van der Waals surface area (Å²) in [4.78, 5) is 11.2. The van der Waals surface area contributed by atoms with Crippen LogP contribution in [0.15, 0.2) is 18.2 Å². The quantitative estimate of drug-likeness (QED) is 0.756. The Bertz CT molecular complexity index is 414. The molecule has 0 aliphatic heterocycles. The van der Waals surface area contributed by atoms with Crippen LogP contribution < -0.4 is 0 Å². The Morgan fingerprint density at radius 3 is 2.53 bits per heavy atom. The highest BCUT2D eigenvalue weighted by molar-refractivity contribution is 6.30. The van der Waals surface area contributed by atoms with Gasteiger partial charge in [0.15, 0.2) is 0 Å².